The fourth-order valence-electron chi connectivity index (χ4n) is 3.91. The van der Waals surface area contributed by atoms with Crippen LogP contribution in [0.1, 0.15) is 61.8 Å². The first-order valence-corrected chi connectivity index (χ1v) is 15.4. The Morgan fingerprint density at radius 1 is 1.03 bits per heavy atom. The Hall–Kier alpha value is -0.593. The summed E-state index contributed by atoms with van der Waals surface area (Å²) in [6.45, 7) is 20.5. The molecule has 10 heteroatoms. The van der Waals surface area contributed by atoms with E-state index < -0.39 is 56.1 Å². The topological polar surface area (TPSA) is 102 Å². The standard InChI is InChI=1S/C25H48O9Si/c1-23(2,3)22(27)29-14-17-20(34-25(7,8)33-17)21-18(26)19(30-15-28-9)16(32-21)12-13-31-35(10,11)24(4,5)6/h16-21,26H,12-15H2,1-11H3/t16-,17+,18+,19+,20+,21-/m1/s1. The lowest BCUT2D eigenvalue weighted by molar-refractivity contribution is -0.169. The minimum absolute atomic E-state index is 0.000471. The molecule has 2 heterocycles. The van der Waals surface area contributed by atoms with Gasteiger partial charge in [-0.05, 0) is 59.2 Å². The zero-order valence-corrected chi connectivity index (χ0v) is 24.5. The second-order valence-electron chi connectivity index (χ2n) is 12.6. The van der Waals surface area contributed by atoms with E-state index in [1.165, 1.54) is 7.11 Å². The number of rotatable bonds is 10. The van der Waals surface area contributed by atoms with E-state index in [4.69, 9.17) is 32.8 Å². The number of aliphatic hydroxyl groups is 1. The zero-order chi connectivity index (χ0) is 26.8. The summed E-state index contributed by atoms with van der Waals surface area (Å²) < 4.78 is 41.2. The van der Waals surface area contributed by atoms with Crippen molar-refractivity contribution in [2.45, 2.75) is 122 Å². The Morgan fingerprint density at radius 2 is 1.66 bits per heavy atom. The van der Waals surface area contributed by atoms with Gasteiger partial charge in [-0.3, -0.25) is 4.79 Å². The van der Waals surface area contributed by atoms with Crippen LogP contribution in [0.15, 0.2) is 0 Å². The largest absolute Gasteiger partial charge is 0.462 e. The molecular formula is C25H48O9Si. The van der Waals surface area contributed by atoms with Crippen LogP contribution in [-0.4, -0.2) is 88.9 Å². The van der Waals surface area contributed by atoms with Crippen molar-refractivity contribution in [3.8, 4) is 0 Å². The molecule has 0 aliphatic carbocycles. The molecule has 0 radical (unpaired) electrons. The average Bonchev–Trinajstić information content (AvgIpc) is 3.18. The van der Waals surface area contributed by atoms with Crippen molar-refractivity contribution < 1.29 is 42.7 Å². The van der Waals surface area contributed by atoms with E-state index >= 15 is 0 Å². The first kappa shape index (κ1) is 30.6. The molecular weight excluding hydrogens is 472 g/mol. The SMILES string of the molecule is COCO[C@@H]1[C@H](O)[C@H]([C@H]2OC(C)(C)O[C@H]2COC(=O)C(C)(C)C)O[C@@H]1CCO[Si](C)(C)C(C)(C)C. The molecule has 2 fully saturated rings. The summed E-state index contributed by atoms with van der Waals surface area (Å²) in [5.41, 5.74) is -0.637. The Kier molecular flexibility index (Phi) is 10.0. The van der Waals surface area contributed by atoms with Crippen LogP contribution in [0.3, 0.4) is 0 Å². The van der Waals surface area contributed by atoms with E-state index in [0.717, 1.165) is 0 Å². The van der Waals surface area contributed by atoms with Crippen LogP contribution in [0.4, 0.5) is 0 Å². The number of carbonyl (C=O) groups is 1. The highest BCUT2D eigenvalue weighted by Crippen LogP contribution is 2.39. The third kappa shape index (κ3) is 7.94. The van der Waals surface area contributed by atoms with Crippen molar-refractivity contribution >= 4 is 14.3 Å². The molecule has 0 bridgehead atoms. The van der Waals surface area contributed by atoms with Crippen LogP contribution in [0.2, 0.25) is 18.1 Å². The summed E-state index contributed by atoms with van der Waals surface area (Å²) in [4.78, 5) is 12.3. The minimum atomic E-state index is -1.93. The number of ether oxygens (including phenoxy) is 6. The Labute approximate surface area is 212 Å². The van der Waals surface area contributed by atoms with Crippen molar-refractivity contribution in [1.29, 1.82) is 0 Å². The first-order valence-electron chi connectivity index (χ1n) is 12.5. The second kappa shape index (κ2) is 11.4. The van der Waals surface area contributed by atoms with Crippen molar-refractivity contribution in [2.24, 2.45) is 5.41 Å². The Bertz CT molecular complexity index is 698. The normalized spacial score (nSPS) is 31.7. The quantitative estimate of drug-likeness (QED) is 0.263. The molecule has 9 nitrogen and oxygen atoms in total. The highest BCUT2D eigenvalue weighted by atomic mass is 28.4. The van der Waals surface area contributed by atoms with Gasteiger partial charge in [-0.1, -0.05) is 20.8 Å². The van der Waals surface area contributed by atoms with Gasteiger partial charge in [-0.15, -0.1) is 0 Å². The summed E-state index contributed by atoms with van der Waals surface area (Å²) in [6.07, 6.45) is -3.43. The second-order valence-corrected chi connectivity index (χ2v) is 17.4. The molecule has 0 unspecified atom stereocenters. The maximum atomic E-state index is 12.3. The number of methoxy groups -OCH3 is 1. The monoisotopic (exact) mass is 520 g/mol. The highest BCUT2D eigenvalue weighted by Gasteiger charge is 2.55. The van der Waals surface area contributed by atoms with Gasteiger partial charge in [0.05, 0.1) is 11.5 Å². The summed E-state index contributed by atoms with van der Waals surface area (Å²) in [5.74, 6) is -1.25. The van der Waals surface area contributed by atoms with Crippen LogP contribution < -0.4 is 0 Å². The number of hydrogen-bond donors (Lipinski definition) is 1. The lowest BCUT2D eigenvalue weighted by Gasteiger charge is -2.36. The number of aliphatic hydroxyl groups excluding tert-OH is 1. The Balaban J connectivity index is 2.13. The van der Waals surface area contributed by atoms with Gasteiger partial charge in [0.2, 0.25) is 0 Å². The van der Waals surface area contributed by atoms with Gasteiger partial charge in [0, 0.05) is 13.7 Å². The molecule has 2 rings (SSSR count). The highest BCUT2D eigenvalue weighted by molar-refractivity contribution is 6.74. The van der Waals surface area contributed by atoms with Crippen molar-refractivity contribution in [3.63, 3.8) is 0 Å². The molecule has 1 N–H and O–H groups in total. The lowest BCUT2D eigenvalue weighted by atomic mass is 9.97. The minimum Gasteiger partial charge on any atom is -0.462 e. The maximum Gasteiger partial charge on any atom is 0.311 e. The summed E-state index contributed by atoms with van der Waals surface area (Å²) in [5, 5.41) is 11.3. The fourth-order valence-corrected chi connectivity index (χ4v) is 4.98. The van der Waals surface area contributed by atoms with Gasteiger partial charge < -0.3 is 38.0 Å². The van der Waals surface area contributed by atoms with E-state index in [-0.39, 0.29) is 24.4 Å². The van der Waals surface area contributed by atoms with Gasteiger partial charge in [-0.25, -0.2) is 0 Å². The first-order chi connectivity index (χ1) is 15.9. The fraction of sp³-hybridized carbons (Fsp3) is 0.960. The van der Waals surface area contributed by atoms with E-state index in [0.29, 0.717) is 13.0 Å². The Morgan fingerprint density at radius 3 is 2.20 bits per heavy atom. The van der Waals surface area contributed by atoms with Gasteiger partial charge in [-0.2, -0.15) is 0 Å². The number of hydrogen-bond acceptors (Lipinski definition) is 9. The molecule has 0 spiro atoms. The smallest absolute Gasteiger partial charge is 0.311 e. The molecule has 0 aromatic heterocycles. The summed E-state index contributed by atoms with van der Waals surface area (Å²) in [6, 6.07) is 0. The van der Waals surface area contributed by atoms with Crippen LogP contribution in [-0.2, 0) is 37.6 Å². The van der Waals surface area contributed by atoms with Crippen LogP contribution in [0.5, 0.6) is 0 Å². The van der Waals surface area contributed by atoms with E-state index in [9.17, 15) is 9.90 Å². The number of esters is 1. The molecule has 206 valence electrons. The van der Waals surface area contributed by atoms with Crippen LogP contribution in [0, 0.1) is 5.41 Å². The number of carbonyl (C=O) groups excluding carboxylic acids is 1. The van der Waals surface area contributed by atoms with Gasteiger partial charge in [0.1, 0.15) is 43.9 Å². The molecule has 0 aromatic rings. The van der Waals surface area contributed by atoms with E-state index in [1.807, 2.05) is 0 Å². The third-order valence-corrected chi connectivity index (χ3v) is 11.5. The third-order valence-electron chi connectivity index (χ3n) is 6.96. The maximum absolute atomic E-state index is 12.3. The molecule has 2 aliphatic rings. The van der Waals surface area contributed by atoms with Crippen molar-refractivity contribution in [3.05, 3.63) is 0 Å². The van der Waals surface area contributed by atoms with Crippen molar-refractivity contribution in [2.75, 3.05) is 27.1 Å². The van der Waals surface area contributed by atoms with Gasteiger partial charge >= 0.3 is 5.97 Å². The summed E-state index contributed by atoms with van der Waals surface area (Å²) in [7, 11) is -0.395. The summed E-state index contributed by atoms with van der Waals surface area (Å²) >= 11 is 0. The molecule has 0 aromatic carbocycles. The molecule has 0 saturated carbocycles. The zero-order valence-electron chi connectivity index (χ0n) is 23.5. The molecule has 2 aliphatic heterocycles. The lowest BCUT2D eigenvalue weighted by Crippen LogP contribution is -2.46. The van der Waals surface area contributed by atoms with Crippen LogP contribution in [0.25, 0.3) is 0 Å². The predicted octanol–water partition coefficient (Wildman–Crippen LogP) is 3.63. The molecule has 0 amide bonds. The predicted molar refractivity (Wildman–Crippen MR) is 133 cm³/mol. The van der Waals surface area contributed by atoms with Gasteiger partial charge in [0.25, 0.3) is 0 Å². The van der Waals surface area contributed by atoms with Crippen molar-refractivity contribution in [1.82, 2.24) is 0 Å². The molecule has 2 saturated heterocycles. The average molecular weight is 521 g/mol. The van der Waals surface area contributed by atoms with Gasteiger partial charge in [0.15, 0.2) is 14.1 Å². The van der Waals surface area contributed by atoms with E-state index in [2.05, 4.69) is 33.9 Å². The molecule has 6 atom stereocenters. The van der Waals surface area contributed by atoms with E-state index in [1.54, 1.807) is 34.6 Å². The van der Waals surface area contributed by atoms with Crippen LogP contribution >= 0.6 is 0 Å². The molecule has 35 heavy (non-hydrogen) atoms.